The number of nitrogens with zero attached hydrogens (tertiary/aromatic N) is 1. The zero-order valence-electron chi connectivity index (χ0n) is 13.6. The van der Waals surface area contributed by atoms with Crippen LogP contribution < -0.4 is 10.2 Å². The van der Waals surface area contributed by atoms with Crippen LogP contribution in [0.25, 0.3) is 10.1 Å². The molecule has 1 aliphatic heterocycles. The largest absolute Gasteiger partial charge is 0.374 e. The Morgan fingerprint density at radius 3 is 2.96 bits per heavy atom. The Hall–Kier alpha value is -2.11. The number of nitrogens with one attached hydrogen (secondary N) is 1. The van der Waals surface area contributed by atoms with Crippen LogP contribution in [-0.4, -0.2) is 19.5 Å². The third-order valence-electron chi connectivity index (χ3n) is 4.49. The van der Waals surface area contributed by atoms with Gasteiger partial charge in [0.25, 0.3) is 5.91 Å². The number of benzene rings is 2. The number of anilines is 2. The van der Waals surface area contributed by atoms with Crippen molar-refractivity contribution < 1.29 is 9.18 Å². The Bertz CT molecular complexity index is 985. The first kappa shape index (κ1) is 16.4. The molecule has 0 radical (unpaired) electrons. The molecule has 0 unspecified atom stereocenters. The molecular weight excluding hydrogens is 359 g/mol. The summed E-state index contributed by atoms with van der Waals surface area (Å²) in [5.74, 6) is -0.605. The van der Waals surface area contributed by atoms with Crippen molar-refractivity contribution in [1.82, 2.24) is 0 Å². The van der Waals surface area contributed by atoms with E-state index < -0.39 is 0 Å². The Labute approximate surface area is 154 Å². The number of fused-ring (bicyclic) bond motifs is 2. The molecule has 2 aromatic carbocycles. The van der Waals surface area contributed by atoms with Gasteiger partial charge in [0.15, 0.2) is 0 Å². The summed E-state index contributed by atoms with van der Waals surface area (Å²) in [6, 6.07) is 10.3. The van der Waals surface area contributed by atoms with E-state index in [0.29, 0.717) is 20.0 Å². The number of hydrogen-bond donors (Lipinski definition) is 1. The zero-order valence-corrected chi connectivity index (χ0v) is 15.2. The maximum Gasteiger partial charge on any atom is 0.267 e. The van der Waals surface area contributed by atoms with Gasteiger partial charge in [0.2, 0.25) is 0 Å². The molecule has 4 rings (SSSR count). The van der Waals surface area contributed by atoms with Crippen LogP contribution in [0.1, 0.15) is 21.7 Å². The highest BCUT2D eigenvalue weighted by atomic mass is 35.5. The normalized spacial score (nSPS) is 13.8. The standard InChI is InChI=1S/C19H16ClFN2OS/c1-23-8-2-3-11-9-13(5-7-15(11)23)22-19(24)18-17(20)14-6-4-12(21)10-16(14)25-18/h4-7,9-10H,2-3,8H2,1H3,(H,22,24). The molecule has 128 valence electrons. The van der Waals surface area contributed by atoms with Gasteiger partial charge < -0.3 is 10.2 Å². The van der Waals surface area contributed by atoms with Crippen LogP contribution in [0.2, 0.25) is 5.02 Å². The van der Waals surface area contributed by atoms with Crippen molar-refractivity contribution in [3.63, 3.8) is 0 Å². The van der Waals surface area contributed by atoms with E-state index in [0.717, 1.165) is 25.1 Å². The number of carbonyl (C=O) groups excluding carboxylic acids is 1. The highest BCUT2D eigenvalue weighted by molar-refractivity contribution is 7.21. The van der Waals surface area contributed by atoms with Crippen molar-refractivity contribution in [2.75, 3.05) is 23.8 Å². The molecule has 0 fully saturated rings. The SMILES string of the molecule is CN1CCCc2cc(NC(=O)c3sc4cc(F)ccc4c3Cl)ccc21. The second-order valence-corrected chi connectivity index (χ2v) is 7.64. The van der Waals surface area contributed by atoms with Crippen molar-refractivity contribution in [2.24, 2.45) is 0 Å². The topological polar surface area (TPSA) is 32.3 Å². The van der Waals surface area contributed by atoms with Crippen LogP contribution in [0.5, 0.6) is 0 Å². The summed E-state index contributed by atoms with van der Waals surface area (Å²) in [6.07, 6.45) is 2.11. The molecule has 1 amide bonds. The van der Waals surface area contributed by atoms with Gasteiger partial charge in [-0.3, -0.25) is 4.79 Å². The van der Waals surface area contributed by atoms with E-state index in [-0.39, 0.29) is 11.7 Å². The molecule has 2 heterocycles. The van der Waals surface area contributed by atoms with Crippen LogP contribution >= 0.6 is 22.9 Å². The molecule has 3 aromatic rings. The Kier molecular flexibility index (Phi) is 4.13. The van der Waals surface area contributed by atoms with E-state index >= 15 is 0 Å². The molecule has 0 spiro atoms. The van der Waals surface area contributed by atoms with Gasteiger partial charge in [-0.1, -0.05) is 11.6 Å². The number of rotatable bonds is 2. The summed E-state index contributed by atoms with van der Waals surface area (Å²) in [4.78, 5) is 15.3. The Morgan fingerprint density at radius 1 is 1.28 bits per heavy atom. The first-order valence-electron chi connectivity index (χ1n) is 8.06. The minimum atomic E-state index is -0.337. The Morgan fingerprint density at radius 2 is 2.12 bits per heavy atom. The number of amides is 1. The summed E-state index contributed by atoms with van der Waals surface area (Å²) in [6.45, 7) is 1.05. The number of hydrogen-bond acceptors (Lipinski definition) is 3. The third-order valence-corrected chi connectivity index (χ3v) is 6.14. The van der Waals surface area contributed by atoms with E-state index in [2.05, 4.69) is 17.3 Å². The summed E-state index contributed by atoms with van der Waals surface area (Å²) in [5.41, 5.74) is 3.19. The maximum absolute atomic E-state index is 13.4. The second kappa shape index (κ2) is 6.32. The molecule has 6 heteroatoms. The van der Waals surface area contributed by atoms with Crippen LogP contribution in [-0.2, 0) is 6.42 Å². The molecule has 0 saturated heterocycles. The molecule has 1 N–H and O–H groups in total. The predicted molar refractivity (Wildman–Crippen MR) is 103 cm³/mol. The van der Waals surface area contributed by atoms with Crippen molar-refractivity contribution in [3.8, 4) is 0 Å². The number of thiophene rings is 1. The molecule has 0 bridgehead atoms. The van der Waals surface area contributed by atoms with E-state index in [1.54, 1.807) is 6.07 Å². The molecule has 0 saturated carbocycles. The van der Waals surface area contributed by atoms with Crippen LogP contribution in [0, 0.1) is 5.82 Å². The minimum Gasteiger partial charge on any atom is -0.374 e. The third kappa shape index (κ3) is 2.98. The first-order chi connectivity index (χ1) is 12.0. The highest BCUT2D eigenvalue weighted by Gasteiger charge is 2.19. The van der Waals surface area contributed by atoms with Gasteiger partial charge in [-0.25, -0.2) is 4.39 Å². The quantitative estimate of drug-likeness (QED) is 0.657. The fourth-order valence-electron chi connectivity index (χ4n) is 3.24. The van der Waals surface area contributed by atoms with E-state index in [1.165, 1.54) is 34.7 Å². The van der Waals surface area contributed by atoms with Crippen LogP contribution in [0.4, 0.5) is 15.8 Å². The van der Waals surface area contributed by atoms with Gasteiger partial charge in [0.05, 0.1) is 5.02 Å². The fourth-order valence-corrected chi connectivity index (χ4v) is 4.67. The summed E-state index contributed by atoms with van der Waals surface area (Å²) in [5, 5.41) is 3.98. The van der Waals surface area contributed by atoms with E-state index in [9.17, 15) is 9.18 Å². The molecule has 25 heavy (non-hydrogen) atoms. The van der Waals surface area contributed by atoms with Gasteiger partial charge in [0, 0.05) is 35.1 Å². The number of halogens is 2. The lowest BCUT2D eigenvalue weighted by molar-refractivity contribution is 0.103. The molecule has 1 aliphatic rings. The number of aryl methyl sites for hydroxylation is 1. The lowest BCUT2D eigenvalue weighted by Crippen LogP contribution is -2.24. The van der Waals surface area contributed by atoms with E-state index in [1.807, 2.05) is 18.2 Å². The van der Waals surface area contributed by atoms with Crippen LogP contribution in [0.3, 0.4) is 0 Å². The zero-order chi connectivity index (χ0) is 17.6. The predicted octanol–water partition coefficient (Wildman–Crippen LogP) is 5.33. The number of carbonyl (C=O) groups is 1. The molecule has 3 nitrogen and oxygen atoms in total. The monoisotopic (exact) mass is 374 g/mol. The fraction of sp³-hybridized carbons (Fsp3) is 0.211. The molecule has 0 aliphatic carbocycles. The Balaban J connectivity index is 1.63. The second-order valence-electron chi connectivity index (χ2n) is 6.21. The van der Waals surface area contributed by atoms with Gasteiger partial charge >= 0.3 is 0 Å². The van der Waals surface area contributed by atoms with Gasteiger partial charge in [0.1, 0.15) is 10.7 Å². The maximum atomic E-state index is 13.4. The molecular formula is C19H16ClFN2OS. The average Bonchev–Trinajstić information content (AvgIpc) is 2.91. The average molecular weight is 375 g/mol. The lowest BCUT2D eigenvalue weighted by Gasteiger charge is -2.27. The summed E-state index contributed by atoms with van der Waals surface area (Å²) < 4.78 is 14.0. The highest BCUT2D eigenvalue weighted by Crippen LogP contribution is 2.36. The molecule has 1 aromatic heterocycles. The minimum absolute atomic E-state index is 0.268. The van der Waals surface area contributed by atoms with Crippen molar-refractivity contribution in [1.29, 1.82) is 0 Å². The van der Waals surface area contributed by atoms with Crippen LogP contribution in [0.15, 0.2) is 36.4 Å². The summed E-state index contributed by atoms with van der Waals surface area (Å²) in [7, 11) is 2.08. The summed E-state index contributed by atoms with van der Waals surface area (Å²) >= 11 is 7.53. The van der Waals surface area contributed by atoms with Gasteiger partial charge in [-0.2, -0.15) is 0 Å². The van der Waals surface area contributed by atoms with Gasteiger partial charge in [-0.15, -0.1) is 11.3 Å². The van der Waals surface area contributed by atoms with Crippen molar-refractivity contribution >= 4 is 50.3 Å². The lowest BCUT2D eigenvalue weighted by atomic mass is 10.0. The van der Waals surface area contributed by atoms with Crippen molar-refractivity contribution in [3.05, 3.63) is 57.7 Å². The van der Waals surface area contributed by atoms with Crippen molar-refractivity contribution in [2.45, 2.75) is 12.8 Å². The smallest absolute Gasteiger partial charge is 0.267 e. The van der Waals surface area contributed by atoms with E-state index in [4.69, 9.17) is 11.6 Å². The first-order valence-corrected chi connectivity index (χ1v) is 9.25. The molecule has 0 atom stereocenters. The van der Waals surface area contributed by atoms with Gasteiger partial charge in [-0.05, 0) is 54.8 Å².